The quantitative estimate of drug-likeness (QED) is 0.517. The number of hydrogen-bond acceptors (Lipinski definition) is 3. The van der Waals surface area contributed by atoms with Gasteiger partial charge in [-0.05, 0) is 32.4 Å². The molecule has 2 N–H and O–H groups in total. The van der Waals surface area contributed by atoms with Gasteiger partial charge in [0.25, 0.3) is 0 Å². The molecule has 1 aromatic rings. The maximum absolute atomic E-state index is 9.94. The molecule has 0 fully saturated rings. The van der Waals surface area contributed by atoms with Crippen LogP contribution in [-0.2, 0) is 4.74 Å². The number of ether oxygens (including phenoxy) is 1. The van der Waals surface area contributed by atoms with Crippen LogP contribution in [0, 0.1) is 0 Å². The first-order valence-electron chi connectivity index (χ1n) is 7.62. The Morgan fingerprint density at radius 1 is 1.35 bits per heavy atom. The number of nitrogens with one attached hydrogen (secondary N) is 1. The first kappa shape index (κ1) is 19.8. The standard InChI is InChI=1S/C19H26BrNO2/c1-5-17(20)13-9-12-16(15-10-7-6-8-11-15)14-21-18(22)23-19(2,3)4/h5-13,16,18,21-22H,1,14H2,2-4H3/b12-9+,17-13+. The molecule has 0 aromatic heterocycles. The molecule has 1 aromatic carbocycles. The van der Waals surface area contributed by atoms with E-state index in [4.69, 9.17) is 4.74 Å². The van der Waals surface area contributed by atoms with E-state index in [1.54, 1.807) is 6.08 Å². The van der Waals surface area contributed by atoms with Crippen molar-refractivity contribution >= 4 is 15.9 Å². The minimum absolute atomic E-state index is 0.121. The lowest BCUT2D eigenvalue weighted by Gasteiger charge is -2.25. The Morgan fingerprint density at radius 2 is 2.00 bits per heavy atom. The van der Waals surface area contributed by atoms with Crippen molar-refractivity contribution < 1.29 is 9.84 Å². The molecule has 126 valence electrons. The predicted molar refractivity (Wildman–Crippen MR) is 100 cm³/mol. The van der Waals surface area contributed by atoms with Gasteiger partial charge in [-0.1, -0.05) is 71.1 Å². The number of benzene rings is 1. The van der Waals surface area contributed by atoms with E-state index in [9.17, 15) is 5.11 Å². The Hall–Kier alpha value is -1.20. The summed E-state index contributed by atoms with van der Waals surface area (Å²) in [5.74, 6) is 0.121. The number of halogens is 1. The number of aliphatic hydroxyl groups is 1. The van der Waals surface area contributed by atoms with E-state index >= 15 is 0 Å². The molecule has 2 atom stereocenters. The Morgan fingerprint density at radius 3 is 2.57 bits per heavy atom. The lowest BCUT2D eigenvalue weighted by molar-refractivity contribution is -0.181. The van der Waals surface area contributed by atoms with Crippen LogP contribution in [0.15, 0.2) is 65.7 Å². The summed E-state index contributed by atoms with van der Waals surface area (Å²) in [6.07, 6.45) is 6.73. The van der Waals surface area contributed by atoms with E-state index in [1.165, 1.54) is 5.56 Å². The molecule has 1 rings (SSSR count). The van der Waals surface area contributed by atoms with Gasteiger partial charge in [0.1, 0.15) is 0 Å². The van der Waals surface area contributed by atoms with Gasteiger partial charge in [-0.2, -0.15) is 0 Å². The monoisotopic (exact) mass is 379 g/mol. The zero-order valence-corrected chi connectivity index (χ0v) is 15.6. The molecule has 2 unspecified atom stereocenters. The first-order chi connectivity index (χ1) is 10.8. The maximum atomic E-state index is 9.94. The molecule has 0 radical (unpaired) electrons. The SMILES string of the molecule is C=C/C(Br)=C\C=C\C(CNC(O)OC(C)(C)C)c1ccccc1. The van der Waals surface area contributed by atoms with Crippen molar-refractivity contribution in [3.8, 4) is 0 Å². The molecule has 0 saturated heterocycles. The molecule has 0 spiro atoms. The predicted octanol–water partition coefficient (Wildman–Crippen LogP) is 4.47. The van der Waals surface area contributed by atoms with Crippen molar-refractivity contribution in [3.05, 3.63) is 71.3 Å². The second-order valence-electron chi connectivity index (χ2n) is 6.15. The fraction of sp³-hybridized carbons (Fsp3) is 0.368. The van der Waals surface area contributed by atoms with Gasteiger partial charge >= 0.3 is 0 Å². The van der Waals surface area contributed by atoms with Crippen molar-refractivity contribution in [1.29, 1.82) is 0 Å². The van der Waals surface area contributed by atoms with E-state index in [1.807, 2.05) is 51.1 Å². The summed E-state index contributed by atoms with van der Waals surface area (Å²) in [6.45, 7) is 9.99. The number of allylic oxidation sites excluding steroid dienone is 4. The molecule has 0 aliphatic heterocycles. The minimum atomic E-state index is -0.995. The van der Waals surface area contributed by atoms with Crippen molar-refractivity contribution in [1.82, 2.24) is 5.32 Å². The Balaban J connectivity index is 2.75. The van der Waals surface area contributed by atoms with E-state index in [0.717, 1.165) is 4.48 Å². The molecular formula is C19H26BrNO2. The van der Waals surface area contributed by atoms with Crippen LogP contribution < -0.4 is 5.32 Å². The fourth-order valence-corrected chi connectivity index (χ4v) is 2.10. The summed E-state index contributed by atoms with van der Waals surface area (Å²) in [5, 5.41) is 13.0. The van der Waals surface area contributed by atoms with Crippen molar-refractivity contribution in [2.24, 2.45) is 0 Å². The molecule has 0 saturated carbocycles. The van der Waals surface area contributed by atoms with E-state index in [2.05, 4.69) is 46.0 Å². The lowest BCUT2D eigenvalue weighted by atomic mass is 9.98. The van der Waals surface area contributed by atoms with E-state index < -0.39 is 12.0 Å². The van der Waals surface area contributed by atoms with Gasteiger partial charge in [0.15, 0.2) is 0 Å². The van der Waals surface area contributed by atoms with Gasteiger partial charge in [-0.3, -0.25) is 5.32 Å². The fourth-order valence-electron chi connectivity index (χ4n) is 1.95. The second-order valence-corrected chi connectivity index (χ2v) is 7.06. The molecule has 23 heavy (non-hydrogen) atoms. The Bertz CT molecular complexity index is 532. The maximum Gasteiger partial charge on any atom is 0.214 e. The molecular weight excluding hydrogens is 354 g/mol. The third kappa shape index (κ3) is 8.86. The number of aliphatic hydroxyl groups excluding tert-OH is 1. The van der Waals surface area contributed by atoms with Crippen LogP contribution in [0.5, 0.6) is 0 Å². The van der Waals surface area contributed by atoms with Gasteiger partial charge in [0.2, 0.25) is 6.41 Å². The lowest BCUT2D eigenvalue weighted by Crippen LogP contribution is -2.39. The van der Waals surface area contributed by atoms with Gasteiger partial charge in [0, 0.05) is 16.9 Å². The number of rotatable bonds is 8. The van der Waals surface area contributed by atoms with Gasteiger partial charge < -0.3 is 9.84 Å². The first-order valence-corrected chi connectivity index (χ1v) is 8.42. The van der Waals surface area contributed by atoms with Crippen LogP contribution in [-0.4, -0.2) is 23.7 Å². The molecule has 0 heterocycles. The second kappa shape index (κ2) is 9.83. The smallest absolute Gasteiger partial charge is 0.214 e. The topological polar surface area (TPSA) is 41.5 Å². The van der Waals surface area contributed by atoms with Crippen molar-refractivity contribution in [2.45, 2.75) is 38.7 Å². The zero-order valence-electron chi connectivity index (χ0n) is 14.0. The zero-order chi connectivity index (χ0) is 17.3. The van der Waals surface area contributed by atoms with E-state index in [0.29, 0.717) is 6.54 Å². The average Bonchev–Trinajstić information content (AvgIpc) is 2.49. The Labute approximate surface area is 147 Å². The molecule has 0 aliphatic rings. The molecule has 4 heteroatoms. The largest absolute Gasteiger partial charge is 0.356 e. The van der Waals surface area contributed by atoms with Crippen LogP contribution in [0.3, 0.4) is 0 Å². The summed E-state index contributed by atoms with van der Waals surface area (Å²) >= 11 is 3.39. The highest BCUT2D eigenvalue weighted by molar-refractivity contribution is 9.11. The molecule has 0 bridgehead atoms. The highest BCUT2D eigenvalue weighted by Gasteiger charge is 2.17. The summed E-state index contributed by atoms with van der Waals surface area (Å²) in [5.41, 5.74) is 0.768. The Kier molecular flexibility index (Phi) is 8.48. The van der Waals surface area contributed by atoms with Gasteiger partial charge in [-0.25, -0.2) is 0 Å². The summed E-state index contributed by atoms with van der Waals surface area (Å²) in [6, 6.07) is 10.1. The summed E-state index contributed by atoms with van der Waals surface area (Å²) in [4.78, 5) is 0. The van der Waals surface area contributed by atoms with Gasteiger partial charge in [-0.15, -0.1) is 0 Å². The summed E-state index contributed by atoms with van der Waals surface area (Å²) < 4.78 is 6.39. The van der Waals surface area contributed by atoms with Gasteiger partial charge in [0.05, 0.1) is 5.60 Å². The number of hydrogen-bond donors (Lipinski definition) is 2. The third-order valence-corrected chi connectivity index (χ3v) is 3.59. The normalized spacial score (nSPS) is 15.6. The minimum Gasteiger partial charge on any atom is -0.356 e. The highest BCUT2D eigenvalue weighted by Crippen LogP contribution is 2.18. The summed E-state index contributed by atoms with van der Waals surface area (Å²) in [7, 11) is 0. The molecule has 0 amide bonds. The average molecular weight is 380 g/mol. The van der Waals surface area contributed by atoms with Crippen LogP contribution in [0.4, 0.5) is 0 Å². The van der Waals surface area contributed by atoms with Crippen LogP contribution >= 0.6 is 15.9 Å². The molecule has 3 nitrogen and oxygen atoms in total. The highest BCUT2D eigenvalue weighted by atomic mass is 79.9. The van der Waals surface area contributed by atoms with Crippen LogP contribution in [0.2, 0.25) is 0 Å². The molecule has 0 aliphatic carbocycles. The third-order valence-electron chi connectivity index (χ3n) is 3.00. The van der Waals surface area contributed by atoms with Crippen molar-refractivity contribution in [2.75, 3.05) is 6.54 Å². The van der Waals surface area contributed by atoms with E-state index in [-0.39, 0.29) is 5.92 Å². The van der Waals surface area contributed by atoms with Crippen LogP contribution in [0.1, 0.15) is 32.3 Å². The van der Waals surface area contributed by atoms with Crippen molar-refractivity contribution in [3.63, 3.8) is 0 Å². The van der Waals surface area contributed by atoms with Crippen LogP contribution in [0.25, 0.3) is 0 Å².